The van der Waals surface area contributed by atoms with Crippen LogP contribution >= 0.6 is 0 Å². The zero-order chi connectivity index (χ0) is 17.1. The monoisotopic (exact) mass is 328 g/mol. The van der Waals surface area contributed by atoms with Crippen molar-refractivity contribution in [3.8, 4) is 11.5 Å². The third kappa shape index (κ3) is 1.98. The van der Waals surface area contributed by atoms with Crippen molar-refractivity contribution in [3.63, 3.8) is 0 Å². The standard InChI is InChI=1S/C19H11F3O2/c20-19(21,22)16-9-15-13-6-5-10-3-1-2-4-11(10)12(13)7-8-14(15)17(23)18(16)24/h1-9,23-24H. The summed E-state index contributed by atoms with van der Waals surface area (Å²) in [6, 6.07) is 15.3. The van der Waals surface area contributed by atoms with E-state index in [4.69, 9.17) is 0 Å². The fraction of sp³-hybridized carbons (Fsp3) is 0.0526. The van der Waals surface area contributed by atoms with Crippen LogP contribution in [0, 0.1) is 0 Å². The van der Waals surface area contributed by atoms with Crippen molar-refractivity contribution in [2.75, 3.05) is 0 Å². The maximum absolute atomic E-state index is 13.1. The summed E-state index contributed by atoms with van der Waals surface area (Å²) in [5, 5.41) is 23.4. The van der Waals surface area contributed by atoms with Gasteiger partial charge >= 0.3 is 6.18 Å². The predicted octanol–water partition coefficient (Wildman–Crippen LogP) is 5.58. The molecule has 0 fully saturated rings. The van der Waals surface area contributed by atoms with Gasteiger partial charge in [0, 0.05) is 5.39 Å². The van der Waals surface area contributed by atoms with E-state index < -0.39 is 23.2 Å². The zero-order valence-electron chi connectivity index (χ0n) is 12.2. The second-order valence-corrected chi connectivity index (χ2v) is 5.66. The van der Waals surface area contributed by atoms with Gasteiger partial charge in [-0.3, -0.25) is 0 Å². The molecule has 0 spiro atoms. The molecular weight excluding hydrogens is 317 g/mol. The molecular formula is C19H11F3O2. The Morgan fingerprint density at radius 3 is 2.00 bits per heavy atom. The van der Waals surface area contributed by atoms with E-state index >= 15 is 0 Å². The quantitative estimate of drug-likeness (QED) is 0.327. The first kappa shape index (κ1) is 14.6. The number of aromatic hydroxyl groups is 2. The average molecular weight is 328 g/mol. The first-order valence-corrected chi connectivity index (χ1v) is 7.24. The molecule has 0 aromatic heterocycles. The SMILES string of the molecule is Oc1c(C(F)(F)F)cc2c(ccc3c4ccccc4ccc23)c1O. The van der Waals surface area contributed by atoms with Crippen LogP contribution in [0.1, 0.15) is 5.56 Å². The van der Waals surface area contributed by atoms with Gasteiger partial charge in [0.15, 0.2) is 11.5 Å². The Morgan fingerprint density at radius 2 is 1.25 bits per heavy atom. The maximum Gasteiger partial charge on any atom is 0.420 e. The highest BCUT2D eigenvalue weighted by Crippen LogP contribution is 2.46. The Bertz CT molecular complexity index is 1110. The van der Waals surface area contributed by atoms with Crippen molar-refractivity contribution < 1.29 is 23.4 Å². The summed E-state index contributed by atoms with van der Waals surface area (Å²) >= 11 is 0. The van der Waals surface area contributed by atoms with E-state index in [1.54, 1.807) is 12.1 Å². The lowest BCUT2D eigenvalue weighted by atomic mass is 9.95. The molecule has 2 N–H and O–H groups in total. The first-order chi connectivity index (χ1) is 11.4. The lowest BCUT2D eigenvalue weighted by Gasteiger charge is -2.14. The number of phenolic OH excluding ortho intramolecular Hbond substituents is 2. The van der Waals surface area contributed by atoms with Crippen LogP contribution in [0.15, 0.2) is 54.6 Å². The van der Waals surface area contributed by atoms with Gasteiger partial charge in [0.2, 0.25) is 0 Å². The number of fused-ring (bicyclic) bond motifs is 5. The van der Waals surface area contributed by atoms with Gasteiger partial charge in [-0.15, -0.1) is 0 Å². The fourth-order valence-corrected chi connectivity index (χ4v) is 3.16. The van der Waals surface area contributed by atoms with Crippen LogP contribution in [0.5, 0.6) is 11.5 Å². The third-order valence-electron chi connectivity index (χ3n) is 4.30. The molecule has 0 aliphatic heterocycles. The Morgan fingerprint density at radius 1 is 0.625 bits per heavy atom. The highest BCUT2D eigenvalue weighted by atomic mass is 19.4. The summed E-state index contributed by atoms with van der Waals surface area (Å²) < 4.78 is 39.4. The molecule has 0 amide bonds. The van der Waals surface area contributed by atoms with Crippen LogP contribution in [0.2, 0.25) is 0 Å². The van der Waals surface area contributed by atoms with E-state index in [0.29, 0.717) is 5.39 Å². The molecule has 0 unspecified atom stereocenters. The number of rotatable bonds is 0. The molecule has 0 saturated carbocycles. The van der Waals surface area contributed by atoms with Crippen molar-refractivity contribution in [1.82, 2.24) is 0 Å². The number of hydrogen-bond donors (Lipinski definition) is 2. The van der Waals surface area contributed by atoms with Crippen molar-refractivity contribution in [3.05, 3.63) is 60.2 Å². The van der Waals surface area contributed by atoms with Crippen LogP contribution in [0.4, 0.5) is 13.2 Å². The van der Waals surface area contributed by atoms with Crippen LogP contribution in [0.3, 0.4) is 0 Å². The molecule has 0 aliphatic carbocycles. The number of alkyl halides is 3. The fourth-order valence-electron chi connectivity index (χ4n) is 3.16. The third-order valence-corrected chi connectivity index (χ3v) is 4.30. The molecule has 120 valence electrons. The summed E-state index contributed by atoms with van der Waals surface area (Å²) in [6.45, 7) is 0. The number of halogens is 3. The van der Waals surface area contributed by atoms with E-state index in [1.165, 1.54) is 6.07 Å². The van der Waals surface area contributed by atoms with Gasteiger partial charge in [0.25, 0.3) is 0 Å². The zero-order valence-corrected chi connectivity index (χ0v) is 12.2. The normalized spacial score (nSPS) is 12.3. The van der Waals surface area contributed by atoms with E-state index in [9.17, 15) is 23.4 Å². The molecule has 4 aromatic carbocycles. The van der Waals surface area contributed by atoms with E-state index in [1.807, 2.05) is 30.3 Å². The molecule has 0 radical (unpaired) electrons. The molecule has 0 saturated heterocycles. The van der Waals surface area contributed by atoms with Crippen LogP contribution in [-0.2, 0) is 6.18 Å². The number of benzene rings is 4. The Kier molecular flexibility index (Phi) is 2.91. The number of hydrogen-bond acceptors (Lipinski definition) is 2. The van der Waals surface area contributed by atoms with Crippen LogP contribution < -0.4 is 0 Å². The van der Waals surface area contributed by atoms with E-state index in [-0.39, 0.29) is 10.8 Å². The molecule has 24 heavy (non-hydrogen) atoms. The Labute approximate surface area is 134 Å². The lowest BCUT2D eigenvalue weighted by molar-refractivity contribution is -0.138. The molecule has 2 nitrogen and oxygen atoms in total. The second kappa shape index (κ2) is 4.77. The summed E-state index contributed by atoms with van der Waals surface area (Å²) in [7, 11) is 0. The summed E-state index contributed by atoms with van der Waals surface area (Å²) in [5.74, 6) is -1.90. The van der Waals surface area contributed by atoms with Crippen molar-refractivity contribution >= 4 is 32.3 Å². The van der Waals surface area contributed by atoms with E-state index in [0.717, 1.165) is 22.2 Å². The van der Waals surface area contributed by atoms with Crippen molar-refractivity contribution in [2.24, 2.45) is 0 Å². The van der Waals surface area contributed by atoms with Crippen LogP contribution in [-0.4, -0.2) is 10.2 Å². The van der Waals surface area contributed by atoms with Gasteiger partial charge in [-0.05, 0) is 39.1 Å². The van der Waals surface area contributed by atoms with Crippen molar-refractivity contribution in [1.29, 1.82) is 0 Å². The minimum Gasteiger partial charge on any atom is -0.504 e. The Balaban J connectivity index is 2.22. The largest absolute Gasteiger partial charge is 0.504 e. The first-order valence-electron chi connectivity index (χ1n) is 7.24. The average Bonchev–Trinajstić information content (AvgIpc) is 2.56. The Hall–Kier alpha value is -2.95. The summed E-state index contributed by atoms with van der Waals surface area (Å²) in [4.78, 5) is 0. The molecule has 0 atom stereocenters. The molecule has 0 aliphatic rings. The number of phenols is 2. The van der Waals surface area contributed by atoms with Gasteiger partial charge in [-0.1, -0.05) is 42.5 Å². The van der Waals surface area contributed by atoms with Gasteiger partial charge < -0.3 is 10.2 Å². The minimum absolute atomic E-state index is 0.184. The van der Waals surface area contributed by atoms with Gasteiger partial charge in [0.1, 0.15) is 5.56 Å². The highest BCUT2D eigenvalue weighted by molar-refractivity contribution is 6.18. The van der Waals surface area contributed by atoms with Crippen LogP contribution in [0.25, 0.3) is 32.3 Å². The van der Waals surface area contributed by atoms with Crippen molar-refractivity contribution in [2.45, 2.75) is 6.18 Å². The molecule has 0 heterocycles. The van der Waals surface area contributed by atoms with E-state index in [2.05, 4.69) is 0 Å². The van der Waals surface area contributed by atoms with Gasteiger partial charge in [0.05, 0.1) is 0 Å². The highest BCUT2D eigenvalue weighted by Gasteiger charge is 2.36. The summed E-state index contributed by atoms with van der Waals surface area (Å²) in [6.07, 6.45) is -4.76. The van der Waals surface area contributed by atoms with Gasteiger partial charge in [-0.2, -0.15) is 13.2 Å². The molecule has 0 bridgehead atoms. The maximum atomic E-state index is 13.1. The lowest BCUT2D eigenvalue weighted by Crippen LogP contribution is -2.05. The predicted molar refractivity (Wildman–Crippen MR) is 87.3 cm³/mol. The smallest absolute Gasteiger partial charge is 0.420 e. The molecule has 4 rings (SSSR count). The van der Waals surface area contributed by atoms with Gasteiger partial charge in [-0.25, -0.2) is 0 Å². The molecule has 5 heteroatoms. The molecule has 4 aromatic rings. The second-order valence-electron chi connectivity index (χ2n) is 5.66. The minimum atomic E-state index is -4.76. The topological polar surface area (TPSA) is 40.5 Å². The summed E-state index contributed by atoms with van der Waals surface area (Å²) in [5.41, 5.74) is -1.24.